The SMILES string of the molecule is C=CCO[C@H]([C@H](O)[C@H](O)CO)[C@@H](O)/C=[N+](\[O-])Cc1ccccc1. The molecule has 7 heteroatoms. The number of hydrogen-bond acceptors (Lipinski definition) is 6. The summed E-state index contributed by atoms with van der Waals surface area (Å²) in [6, 6.07) is 8.93. The van der Waals surface area contributed by atoms with Crippen LogP contribution in [0.2, 0.25) is 0 Å². The molecule has 128 valence electrons. The molecular formula is C16H23NO6. The van der Waals surface area contributed by atoms with Crippen LogP contribution in [0.4, 0.5) is 0 Å². The van der Waals surface area contributed by atoms with Gasteiger partial charge in [-0.05, 0) is 0 Å². The molecule has 0 aliphatic carbocycles. The molecule has 0 aromatic heterocycles. The highest BCUT2D eigenvalue weighted by molar-refractivity contribution is 5.58. The molecule has 7 nitrogen and oxygen atoms in total. The van der Waals surface area contributed by atoms with Crippen molar-refractivity contribution in [2.45, 2.75) is 31.0 Å². The van der Waals surface area contributed by atoms with E-state index in [1.54, 1.807) is 24.3 Å². The van der Waals surface area contributed by atoms with Crippen molar-refractivity contribution in [1.82, 2.24) is 0 Å². The lowest BCUT2D eigenvalue weighted by atomic mass is 10.0. The molecule has 0 radical (unpaired) electrons. The fraction of sp³-hybridized carbons (Fsp3) is 0.438. The standard InChI is InChI=1S/C16H23NO6/c1-2-8-23-16(15(21)14(20)11-18)13(19)10-17(22)9-12-6-4-3-5-7-12/h2-7,10,13-16,18-21H,1,8-9,11H2/b17-10-/t13-,14+,15+,16-/m0/s1. The highest BCUT2D eigenvalue weighted by Gasteiger charge is 2.33. The van der Waals surface area contributed by atoms with Gasteiger partial charge in [0, 0.05) is 5.56 Å². The van der Waals surface area contributed by atoms with Crippen molar-refractivity contribution in [2.75, 3.05) is 13.2 Å². The minimum absolute atomic E-state index is 0.00230. The summed E-state index contributed by atoms with van der Waals surface area (Å²) in [6.45, 7) is 2.77. The largest absolute Gasteiger partial charge is 0.624 e. The van der Waals surface area contributed by atoms with Crippen LogP contribution in [0.5, 0.6) is 0 Å². The molecule has 0 unspecified atom stereocenters. The van der Waals surface area contributed by atoms with E-state index < -0.39 is 31.0 Å². The van der Waals surface area contributed by atoms with E-state index in [4.69, 9.17) is 9.84 Å². The molecule has 0 saturated carbocycles. The minimum Gasteiger partial charge on any atom is -0.624 e. The first-order valence-corrected chi connectivity index (χ1v) is 7.19. The third-order valence-corrected chi connectivity index (χ3v) is 3.16. The van der Waals surface area contributed by atoms with Crippen molar-refractivity contribution in [3.8, 4) is 0 Å². The molecule has 0 saturated heterocycles. The van der Waals surface area contributed by atoms with Gasteiger partial charge in [-0.2, -0.15) is 0 Å². The summed E-state index contributed by atoms with van der Waals surface area (Å²) in [4.78, 5) is 0. The van der Waals surface area contributed by atoms with Gasteiger partial charge in [0.2, 0.25) is 0 Å². The Morgan fingerprint density at radius 2 is 1.87 bits per heavy atom. The Balaban J connectivity index is 2.79. The summed E-state index contributed by atoms with van der Waals surface area (Å²) in [5, 5.41) is 50.3. The predicted octanol–water partition coefficient (Wildman–Crippen LogP) is -0.586. The first kappa shape index (κ1) is 19.3. The average Bonchev–Trinajstić information content (AvgIpc) is 2.54. The monoisotopic (exact) mass is 325 g/mol. The highest BCUT2D eigenvalue weighted by atomic mass is 16.5. The minimum atomic E-state index is -1.56. The van der Waals surface area contributed by atoms with Crippen LogP contribution in [-0.4, -0.2) is 69.0 Å². The lowest BCUT2D eigenvalue weighted by Gasteiger charge is -2.27. The van der Waals surface area contributed by atoms with Crippen molar-refractivity contribution in [3.05, 3.63) is 53.8 Å². The van der Waals surface area contributed by atoms with Gasteiger partial charge in [-0.25, -0.2) is 4.74 Å². The molecule has 0 heterocycles. The van der Waals surface area contributed by atoms with Gasteiger partial charge in [0.1, 0.15) is 18.3 Å². The van der Waals surface area contributed by atoms with Crippen LogP contribution in [0, 0.1) is 5.21 Å². The first-order chi connectivity index (χ1) is 11.0. The number of ether oxygens (including phenoxy) is 1. The molecule has 1 aromatic rings. The Kier molecular flexibility index (Phi) is 8.46. The summed E-state index contributed by atoms with van der Waals surface area (Å²) < 4.78 is 5.72. The number of nitrogens with zero attached hydrogens (tertiary/aromatic N) is 1. The third kappa shape index (κ3) is 6.47. The van der Waals surface area contributed by atoms with Crippen molar-refractivity contribution < 1.29 is 29.9 Å². The zero-order valence-electron chi connectivity index (χ0n) is 12.7. The Labute approximate surface area is 135 Å². The van der Waals surface area contributed by atoms with E-state index in [0.29, 0.717) is 4.74 Å². The van der Waals surface area contributed by atoms with Crippen LogP contribution >= 0.6 is 0 Å². The average molecular weight is 325 g/mol. The number of aliphatic hydroxyl groups is 4. The van der Waals surface area contributed by atoms with E-state index in [0.717, 1.165) is 11.8 Å². The van der Waals surface area contributed by atoms with Gasteiger partial charge in [0.05, 0.1) is 13.2 Å². The van der Waals surface area contributed by atoms with Crippen LogP contribution in [0.15, 0.2) is 43.0 Å². The summed E-state index contributed by atoms with van der Waals surface area (Å²) in [7, 11) is 0. The zero-order valence-corrected chi connectivity index (χ0v) is 12.7. The molecule has 0 amide bonds. The molecule has 1 aromatic carbocycles. The topological polar surface area (TPSA) is 116 Å². The fourth-order valence-corrected chi connectivity index (χ4v) is 1.98. The van der Waals surface area contributed by atoms with Crippen LogP contribution in [-0.2, 0) is 11.3 Å². The van der Waals surface area contributed by atoms with Gasteiger partial charge in [-0.1, -0.05) is 36.4 Å². The van der Waals surface area contributed by atoms with Crippen molar-refractivity contribution in [1.29, 1.82) is 0 Å². The lowest BCUT2D eigenvalue weighted by molar-refractivity contribution is -0.473. The van der Waals surface area contributed by atoms with Gasteiger partial charge in [-0.15, -0.1) is 6.58 Å². The van der Waals surface area contributed by atoms with E-state index in [1.807, 2.05) is 6.07 Å². The van der Waals surface area contributed by atoms with Gasteiger partial charge in [0.25, 0.3) is 0 Å². The maximum absolute atomic E-state index is 11.9. The summed E-state index contributed by atoms with van der Waals surface area (Å²) in [6.07, 6.45) is -3.45. The molecule has 4 N–H and O–H groups in total. The summed E-state index contributed by atoms with van der Waals surface area (Å²) >= 11 is 0. The van der Waals surface area contributed by atoms with Crippen LogP contribution in [0.1, 0.15) is 5.56 Å². The van der Waals surface area contributed by atoms with Gasteiger partial charge in [0.15, 0.2) is 18.9 Å². The van der Waals surface area contributed by atoms with E-state index in [-0.39, 0.29) is 13.2 Å². The number of rotatable bonds is 10. The quantitative estimate of drug-likeness (QED) is 0.150. The maximum Gasteiger partial charge on any atom is 0.182 e. The fourth-order valence-electron chi connectivity index (χ4n) is 1.98. The van der Waals surface area contributed by atoms with Gasteiger partial charge < -0.3 is 30.4 Å². The summed E-state index contributed by atoms with van der Waals surface area (Å²) in [5.74, 6) is 0. The molecule has 0 aliphatic rings. The predicted molar refractivity (Wildman–Crippen MR) is 84.9 cm³/mol. The van der Waals surface area contributed by atoms with E-state index in [2.05, 4.69) is 6.58 Å². The molecule has 1 rings (SSSR count). The number of aliphatic hydroxyl groups excluding tert-OH is 4. The number of hydroxylamine groups is 1. The maximum atomic E-state index is 11.9. The molecule has 0 spiro atoms. The Hall–Kier alpha value is -1.77. The highest BCUT2D eigenvalue weighted by Crippen LogP contribution is 2.09. The number of benzene rings is 1. The second kappa shape index (κ2) is 10.1. The van der Waals surface area contributed by atoms with E-state index >= 15 is 0 Å². The molecule has 0 aliphatic heterocycles. The molecular weight excluding hydrogens is 302 g/mol. The Morgan fingerprint density at radius 3 is 2.43 bits per heavy atom. The molecule has 0 bridgehead atoms. The summed E-state index contributed by atoms with van der Waals surface area (Å²) in [5.41, 5.74) is 0.755. The Morgan fingerprint density at radius 1 is 1.22 bits per heavy atom. The van der Waals surface area contributed by atoms with Crippen molar-refractivity contribution in [3.63, 3.8) is 0 Å². The second-order valence-electron chi connectivity index (χ2n) is 5.03. The van der Waals surface area contributed by atoms with Crippen LogP contribution in [0.3, 0.4) is 0 Å². The van der Waals surface area contributed by atoms with Crippen LogP contribution < -0.4 is 0 Å². The normalized spacial score (nSPS) is 17.3. The van der Waals surface area contributed by atoms with Crippen LogP contribution in [0.25, 0.3) is 0 Å². The van der Waals surface area contributed by atoms with Gasteiger partial charge in [-0.3, -0.25) is 0 Å². The molecule has 23 heavy (non-hydrogen) atoms. The first-order valence-electron chi connectivity index (χ1n) is 7.19. The Bertz CT molecular complexity index is 493. The van der Waals surface area contributed by atoms with E-state index in [1.165, 1.54) is 6.08 Å². The molecule has 0 fully saturated rings. The lowest BCUT2D eigenvalue weighted by Crippen LogP contribution is -2.48. The van der Waals surface area contributed by atoms with Gasteiger partial charge >= 0.3 is 0 Å². The van der Waals surface area contributed by atoms with Crippen molar-refractivity contribution >= 4 is 6.21 Å². The third-order valence-electron chi connectivity index (χ3n) is 3.16. The number of hydrogen-bond donors (Lipinski definition) is 4. The molecule has 4 atom stereocenters. The van der Waals surface area contributed by atoms with Crippen molar-refractivity contribution in [2.24, 2.45) is 0 Å². The zero-order chi connectivity index (χ0) is 17.2. The smallest absolute Gasteiger partial charge is 0.182 e. The van der Waals surface area contributed by atoms with E-state index in [9.17, 15) is 20.5 Å². The second-order valence-corrected chi connectivity index (χ2v) is 5.03.